The minimum Gasteiger partial charge on any atom is -0.392 e. The van der Waals surface area contributed by atoms with Gasteiger partial charge in [-0.3, -0.25) is 18.9 Å². The molecule has 1 unspecified atom stereocenters. The van der Waals surface area contributed by atoms with Gasteiger partial charge < -0.3 is 24.0 Å². The van der Waals surface area contributed by atoms with Gasteiger partial charge in [0.05, 0.1) is 19.8 Å². The molecule has 1 heterocycles. The topological polar surface area (TPSA) is 140 Å². The summed E-state index contributed by atoms with van der Waals surface area (Å²) >= 11 is 0. The Morgan fingerprint density at radius 3 is 2.59 bits per heavy atom. The van der Waals surface area contributed by atoms with E-state index in [0.29, 0.717) is 0 Å². The van der Waals surface area contributed by atoms with Gasteiger partial charge in [-0.05, 0) is 0 Å². The third kappa shape index (κ3) is 6.22. The fourth-order valence-corrected chi connectivity index (χ4v) is 2.05. The van der Waals surface area contributed by atoms with E-state index in [0.717, 1.165) is 17.3 Å². The lowest BCUT2D eigenvalue weighted by Crippen LogP contribution is -2.37. The van der Waals surface area contributed by atoms with Crippen molar-refractivity contribution in [1.82, 2.24) is 9.55 Å². The number of aliphatic hydroxyl groups excluding tert-OH is 1. The van der Waals surface area contributed by atoms with Crippen molar-refractivity contribution in [1.29, 1.82) is 0 Å². The zero-order valence-corrected chi connectivity index (χ0v) is 13.1. The van der Waals surface area contributed by atoms with Crippen molar-refractivity contribution in [3.8, 4) is 0 Å². The lowest BCUT2D eigenvalue weighted by atomic mass is 10.4. The molecule has 0 fully saturated rings. The Morgan fingerprint density at radius 1 is 1.41 bits per heavy atom. The van der Waals surface area contributed by atoms with Gasteiger partial charge >= 0.3 is 13.3 Å². The van der Waals surface area contributed by atoms with Gasteiger partial charge in [-0.1, -0.05) is 0 Å². The highest BCUT2D eigenvalue weighted by Crippen LogP contribution is 2.36. The van der Waals surface area contributed by atoms with Crippen LogP contribution in [0.15, 0.2) is 21.9 Å². The Balaban J connectivity index is 2.85. The van der Waals surface area contributed by atoms with Crippen LogP contribution < -0.4 is 11.2 Å². The number of nitrogens with zero attached hydrogens (tertiary/aromatic N) is 1. The van der Waals surface area contributed by atoms with Gasteiger partial charge in [0.25, 0.3) is 5.56 Å². The number of aromatic nitrogens is 2. The minimum atomic E-state index is -3.70. The van der Waals surface area contributed by atoms with Crippen molar-refractivity contribution in [2.45, 2.75) is 12.3 Å². The SMILES string of the molecule is COC[C@H](COP(C)(=O)O)O[C@H](CO)n1ccc(=O)[nH]c1=O. The maximum absolute atomic E-state index is 11.7. The molecule has 0 aromatic carbocycles. The minimum absolute atomic E-state index is 0.00854. The summed E-state index contributed by atoms with van der Waals surface area (Å²) in [6.45, 7) is 0.198. The molecule has 22 heavy (non-hydrogen) atoms. The Morgan fingerprint density at radius 2 is 2.09 bits per heavy atom. The number of H-pyrrole nitrogens is 1. The molecule has 0 aliphatic carbocycles. The van der Waals surface area contributed by atoms with E-state index in [-0.39, 0.29) is 13.2 Å². The van der Waals surface area contributed by atoms with Crippen LogP contribution in [0.5, 0.6) is 0 Å². The summed E-state index contributed by atoms with van der Waals surface area (Å²) in [5, 5.41) is 9.36. The van der Waals surface area contributed by atoms with Gasteiger partial charge in [0.15, 0.2) is 6.23 Å². The number of hydrogen-bond acceptors (Lipinski definition) is 7. The van der Waals surface area contributed by atoms with E-state index >= 15 is 0 Å². The zero-order valence-electron chi connectivity index (χ0n) is 12.2. The normalized spacial score (nSPS) is 16.9. The predicted molar refractivity (Wildman–Crippen MR) is 75.9 cm³/mol. The van der Waals surface area contributed by atoms with E-state index < -0.39 is 37.8 Å². The summed E-state index contributed by atoms with van der Waals surface area (Å²) in [5.41, 5.74) is -1.34. The van der Waals surface area contributed by atoms with E-state index in [9.17, 15) is 19.3 Å². The fraction of sp³-hybridized carbons (Fsp3) is 0.636. The first-order valence-electron chi connectivity index (χ1n) is 6.28. The number of aliphatic hydroxyl groups is 1. The molecule has 3 N–H and O–H groups in total. The summed E-state index contributed by atoms with van der Waals surface area (Å²) in [5.74, 6) is 0. The first-order chi connectivity index (χ1) is 10.3. The molecule has 1 aromatic rings. The molecule has 0 bridgehead atoms. The smallest absolute Gasteiger partial charge is 0.330 e. The molecule has 11 heteroatoms. The maximum atomic E-state index is 11.7. The molecular formula is C11H19N2O8P. The van der Waals surface area contributed by atoms with Gasteiger partial charge in [0, 0.05) is 26.0 Å². The fourth-order valence-electron chi connectivity index (χ4n) is 1.61. The Kier molecular flexibility index (Phi) is 7.14. The number of rotatable bonds is 9. The summed E-state index contributed by atoms with van der Waals surface area (Å²) < 4.78 is 27.2. The van der Waals surface area contributed by atoms with Gasteiger partial charge in [-0.2, -0.15) is 0 Å². The van der Waals surface area contributed by atoms with Crippen molar-refractivity contribution < 1.29 is 28.6 Å². The third-order valence-corrected chi connectivity index (χ3v) is 3.15. The first kappa shape index (κ1) is 18.8. The molecule has 10 nitrogen and oxygen atoms in total. The average molecular weight is 338 g/mol. The molecule has 0 saturated heterocycles. The third-order valence-electron chi connectivity index (χ3n) is 2.52. The zero-order chi connectivity index (χ0) is 16.8. The number of hydrogen-bond donors (Lipinski definition) is 3. The van der Waals surface area contributed by atoms with Crippen LogP contribution in [-0.4, -0.2) is 59.3 Å². The quantitative estimate of drug-likeness (QED) is 0.482. The van der Waals surface area contributed by atoms with Crippen molar-refractivity contribution in [2.75, 3.05) is 33.6 Å². The summed E-state index contributed by atoms with van der Waals surface area (Å²) in [7, 11) is -2.31. The van der Waals surface area contributed by atoms with Crippen molar-refractivity contribution in [2.24, 2.45) is 0 Å². The maximum Gasteiger partial charge on any atom is 0.330 e. The van der Waals surface area contributed by atoms with Crippen LogP contribution in [0.25, 0.3) is 0 Å². The molecule has 0 radical (unpaired) electrons. The van der Waals surface area contributed by atoms with E-state index in [1.165, 1.54) is 13.3 Å². The Bertz CT molecular complexity index is 621. The second-order valence-electron chi connectivity index (χ2n) is 4.47. The van der Waals surface area contributed by atoms with Crippen molar-refractivity contribution in [3.05, 3.63) is 33.1 Å². The van der Waals surface area contributed by atoms with Crippen LogP contribution in [0.1, 0.15) is 6.23 Å². The van der Waals surface area contributed by atoms with Gasteiger partial charge in [0.2, 0.25) is 0 Å². The number of methoxy groups -OCH3 is 1. The standard InChI is InChI=1S/C11H19N2O8P/c1-19-6-8(7-20-22(2,17)18)21-10(5-14)13-4-3-9(15)12-11(13)16/h3-4,8,10,14H,5-7H2,1-2H3,(H,17,18)(H,12,15,16)/t8-,10-/m1/s1. The molecule has 1 aromatic heterocycles. The molecule has 0 amide bonds. The molecule has 3 atom stereocenters. The van der Waals surface area contributed by atoms with E-state index in [2.05, 4.69) is 0 Å². The number of nitrogens with one attached hydrogen (secondary N) is 1. The number of ether oxygens (including phenoxy) is 2. The van der Waals surface area contributed by atoms with E-state index in [1.54, 1.807) is 0 Å². The highest BCUT2D eigenvalue weighted by Gasteiger charge is 2.22. The van der Waals surface area contributed by atoms with Gasteiger partial charge in [-0.25, -0.2) is 4.79 Å². The molecule has 126 valence electrons. The van der Waals surface area contributed by atoms with Crippen LogP contribution in [0.4, 0.5) is 0 Å². The van der Waals surface area contributed by atoms with Crippen LogP contribution in [-0.2, 0) is 18.6 Å². The predicted octanol–water partition coefficient (Wildman–Crippen LogP) is -1.11. The average Bonchev–Trinajstić information content (AvgIpc) is 2.42. The summed E-state index contributed by atoms with van der Waals surface area (Å²) in [6, 6.07) is 1.10. The van der Waals surface area contributed by atoms with Gasteiger partial charge in [0.1, 0.15) is 6.10 Å². The van der Waals surface area contributed by atoms with Crippen LogP contribution in [0.2, 0.25) is 0 Å². The van der Waals surface area contributed by atoms with Crippen molar-refractivity contribution in [3.63, 3.8) is 0 Å². The molecule has 0 aliphatic heterocycles. The molecule has 0 aliphatic rings. The molecule has 1 rings (SSSR count). The lowest BCUT2D eigenvalue weighted by Gasteiger charge is -2.24. The highest BCUT2D eigenvalue weighted by molar-refractivity contribution is 7.51. The monoisotopic (exact) mass is 338 g/mol. The van der Waals surface area contributed by atoms with Gasteiger partial charge in [-0.15, -0.1) is 0 Å². The lowest BCUT2D eigenvalue weighted by molar-refractivity contribution is -0.115. The van der Waals surface area contributed by atoms with Crippen molar-refractivity contribution >= 4 is 7.60 Å². The second-order valence-corrected chi connectivity index (χ2v) is 6.33. The summed E-state index contributed by atoms with van der Waals surface area (Å²) in [6.07, 6.45) is -0.742. The van der Waals surface area contributed by atoms with E-state index in [4.69, 9.17) is 18.9 Å². The Hall–Kier alpha value is -1.29. The Labute approximate surface area is 125 Å². The summed E-state index contributed by atoms with van der Waals surface area (Å²) in [4.78, 5) is 33.8. The highest BCUT2D eigenvalue weighted by atomic mass is 31.2. The largest absolute Gasteiger partial charge is 0.392 e. The number of aromatic amines is 1. The molecular weight excluding hydrogens is 319 g/mol. The molecule has 0 spiro atoms. The van der Waals surface area contributed by atoms with E-state index in [1.807, 2.05) is 4.98 Å². The molecule has 0 saturated carbocycles. The van der Waals surface area contributed by atoms with Crippen LogP contribution in [0.3, 0.4) is 0 Å². The van der Waals surface area contributed by atoms with Crippen LogP contribution in [0, 0.1) is 0 Å². The second kappa shape index (κ2) is 8.37. The first-order valence-corrected chi connectivity index (χ1v) is 8.31. The van der Waals surface area contributed by atoms with Crippen LogP contribution >= 0.6 is 7.60 Å².